The van der Waals surface area contributed by atoms with Crippen molar-refractivity contribution in [2.45, 2.75) is 13.8 Å². The van der Waals surface area contributed by atoms with E-state index < -0.39 is 5.97 Å². The zero-order valence-electron chi connectivity index (χ0n) is 14.3. The summed E-state index contributed by atoms with van der Waals surface area (Å²) < 4.78 is 8.26. The van der Waals surface area contributed by atoms with E-state index in [4.69, 9.17) is 14.3 Å². The summed E-state index contributed by atoms with van der Waals surface area (Å²) in [7, 11) is 0. The van der Waals surface area contributed by atoms with E-state index in [0.29, 0.717) is 21.1 Å². The molecule has 3 aromatic heterocycles. The van der Waals surface area contributed by atoms with Crippen LogP contribution in [0.4, 0.5) is 0 Å². The quantitative estimate of drug-likeness (QED) is 0.506. The summed E-state index contributed by atoms with van der Waals surface area (Å²) in [6.45, 7) is 2.95. The summed E-state index contributed by atoms with van der Waals surface area (Å²) in [6.07, 6.45) is 1.72. The first-order valence-corrected chi connectivity index (χ1v) is 9.38. The highest BCUT2D eigenvalue weighted by molar-refractivity contribution is 9.10. The number of carbonyl (C=O) groups is 1. The molecule has 1 aromatic carbocycles. The molecule has 0 aliphatic rings. The van der Waals surface area contributed by atoms with Gasteiger partial charge in [-0.1, -0.05) is 39.4 Å². The lowest BCUT2D eigenvalue weighted by Gasteiger charge is -1.96. The number of halogens is 1. The van der Waals surface area contributed by atoms with Crippen LogP contribution in [0.2, 0.25) is 0 Å². The highest BCUT2D eigenvalue weighted by Gasteiger charge is 2.13. The number of aromatic nitrogens is 3. The Morgan fingerprint density at radius 2 is 2.00 bits per heavy atom. The molecule has 0 saturated heterocycles. The topological polar surface area (TPSA) is 97.7 Å². The minimum absolute atomic E-state index is 0.190. The number of hydrogen-bond donors (Lipinski definition) is 1. The molecule has 0 bridgehead atoms. The van der Waals surface area contributed by atoms with Crippen molar-refractivity contribution in [1.29, 1.82) is 0 Å². The summed E-state index contributed by atoms with van der Waals surface area (Å²) in [5.41, 5.74) is 0.667. The number of rotatable bonds is 2. The maximum Gasteiger partial charge on any atom is 0.300 e. The number of aryl methyl sites for hydroxylation is 1. The molecule has 0 spiro atoms. The SMILES string of the molecule is CC(=O)O.Cc1ccc(C=c2sc3nc(-c4ccccc4Br)nn3c2=O)o1. The Bertz CT molecular complexity index is 1220. The lowest BCUT2D eigenvalue weighted by atomic mass is 10.2. The van der Waals surface area contributed by atoms with Gasteiger partial charge in [-0.05, 0) is 31.2 Å². The third-order valence-corrected chi connectivity index (χ3v) is 4.98. The van der Waals surface area contributed by atoms with Crippen molar-refractivity contribution < 1.29 is 14.3 Å². The van der Waals surface area contributed by atoms with E-state index in [2.05, 4.69) is 26.0 Å². The number of fused-ring (bicyclic) bond motifs is 1. The number of hydrogen-bond acceptors (Lipinski definition) is 6. The Labute approximate surface area is 165 Å². The molecular formula is C18H14BrN3O4S. The van der Waals surface area contributed by atoms with Gasteiger partial charge in [-0.15, -0.1) is 5.10 Å². The van der Waals surface area contributed by atoms with Crippen LogP contribution in [0.1, 0.15) is 18.4 Å². The molecule has 1 N–H and O–H groups in total. The number of furan rings is 1. The van der Waals surface area contributed by atoms with Gasteiger partial charge in [0, 0.05) is 23.0 Å². The second-order valence-corrected chi connectivity index (χ2v) is 7.36. The van der Waals surface area contributed by atoms with Gasteiger partial charge in [-0.25, -0.2) is 0 Å². The fourth-order valence-corrected chi connectivity index (χ4v) is 3.60. The second-order valence-electron chi connectivity index (χ2n) is 5.49. The average Bonchev–Trinajstić information content (AvgIpc) is 3.26. The zero-order chi connectivity index (χ0) is 19.6. The van der Waals surface area contributed by atoms with Crippen molar-refractivity contribution in [3.8, 4) is 11.4 Å². The number of aliphatic carboxylic acids is 1. The number of thiazole rings is 1. The van der Waals surface area contributed by atoms with Gasteiger partial charge in [0.25, 0.3) is 11.5 Å². The van der Waals surface area contributed by atoms with Crippen LogP contribution < -0.4 is 10.1 Å². The van der Waals surface area contributed by atoms with Crippen molar-refractivity contribution in [1.82, 2.24) is 14.6 Å². The highest BCUT2D eigenvalue weighted by Crippen LogP contribution is 2.25. The van der Waals surface area contributed by atoms with Crippen LogP contribution in [0, 0.1) is 6.92 Å². The van der Waals surface area contributed by atoms with Crippen LogP contribution in [0.3, 0.4) is 0 Å². The van der Waals surface area contributed by atoms with Gasteiger partial charge in [0.1, 0.15) is 16.1 Å². The van der Waals surface area contributed by atoms with Gasteiger partial charge in [0.2, 0.25) is 4.96 Å². The molecule has 0 aliphatic heterocycles. The number of benzene rings is 1. The summed E-state index contributed by atoms with van der Waals surface area (Å²) in [5.74, 6) is 1.15. The Balaban J connectivity index is 0.000000481. The molecule has 0 aliphatic carbocycles. The molecule has 0 atom stereocenters. The first kappa shape index (κ1) is 19.0. The molecule has 0 fully saturated rings. The van der Waals surface area contributed by atoms with Crippen LogP contribution in [-0.4, -0.2) is 25.7 Å². The lowest BCUT2D eigenvalue weighted by Crippen LogP contribution is -2.23. The molecule has 0 saturated carbocycles. The summed E-state index contributed by atoms with van der Waals surface area (Å²) in [4.78, 5) is 26.5. The van der Waals surface area contributed by atoms with E-state index in [1.807, 2.05) is 43.3 Å². The van der Waals surface area contributed by atoms with Crippen molar-refractivity contribution in [3.05, 3.63) is 67.3 Å². The Morgan fingerprint density at radius 3 is 2.59 bits per heavy atom. The van der Waals surface area contributed by atoms with Gasteiger partial charge in [-0.2, -0.15) is 9.50 Å². The van der Waals surface area contributed by atoms with Crippen molar-refractivity contribution in [2.75, 3.05) is 0 Å². The average molecular weight is 448 g/mol. The minimum Gasteiger partial charge on any atom is -0.481 e. The Hall–Kier alpha value is -2.78. The fourth-order valence-electron chi connectivity index (χ4n) is 2.25. The van der Waals surface area contributed by atoms with Gasteiger partial charge in [-0.3, -0.25) is 9.59 Å². The van der Waals surface area contributed by atoms with E-state index in [-0.39, 0.29) is 5.56 Å². The normalized spacial score (nSPS) is 11.4. The lowest BCUT2D eigenvalue weighted by molar-refractivity contribution is -0.134. The standard InChI is InChI=1S/C16H10BrN3O2S.C2H4O2/c1-9-6-7-10(22-9)8-13-15(21)20-16(23-13)18-14(19-20)11-4-2-3-5-12(11)17;1-2(3)4/h2-8H,1H3;1H3,(H,3,4). The maximum absolute atomic E-state index is 12.5. The van der Waals surface area contributed by atoms with Gasteiger partial charge >= 0.3 is 0 Å². The zero-order valence-corrected chi connectivity index (χ0v) is 16.7. The van der Waals surface area contributed by atoms with Crippen molar-refractivity contribution in [3.63, 3.8) is 0 Å². The van der Waals surface area contributed by atoms with Crippen molar-refractivity contribution >= 4 is 44.3 Å². The molecule has 9 heteroatoms. The summed E-state index contributed by atoms with van der Waals surface area (Å²) in [5, 5.41) is 11.8. The smallest absolute Gasteiger partial charge is 0.300 e. The third kappa shape index (κ3) is 4.32. The predicted molar refractivity (Wildman–Crippen MR) is 106 cm³/mol. The van der Waals surface area contributed by atoms with E-state index >= 15 is 0 Å². The molecule has 0 unspecified atom stereocenters. The second kappa shape index (κ2) is 7.85. The van der Waals surface area contributed by atoms with Gasteiger partial charge in [0.15, 0.2) is 5.82 Å². The maximum atomic E-state index is 12.5. The van der Waals surface area contributed by atoms with Crippen LogP contribution in [0.15, 0.2) is 50.1 Å². The molecule has 27 heavy (non-hydrogen) atoms. The molecule has 3 heterocycles. The van der Waals surface area contributed by atoms with Crippen molar-refractivity contribution in [2.24, 2.45) is 0 Å². The molecular weight excluding hydrogens is 434 g/mol. The fraction of sp³-hybridized carbons (Fsp3) is 0.111. The Kier molecular flexibility index (Phi) is 5.52. The number of carboxylic acid groups (broad SMARTS) is 1. The summed E-state index contributed by atoms with van der Waals surface area (Å²) in [6, 6.07) is 11.3. The molecule has 0 radical (unpaired) electrons. The van der Waals surface area contributed by atoms with Crippen LogP contribution >= 0.6 is 27.3 Å². The van der Waals surface area contributed by atoms with Crippen LogP contribution in [-0.2, 0) is 4.79 Å². The first-order valence-electron chi connectivity index (χ1n) is 7.77. The first-order chi connectivity index (χ1) is 12.8. The van der Waals surface area contributed by atoms with E-state index in [9.17, 15) is 4.79 Å². The van der Waals surface area contributed by atoms with Gasteiger partial charge in [0.05, 0.1) is 0 Å². The van der Waals surface area contributed by atoms with Gasteiger partial charge < -0.3 is 9.52 Å². The summed E-state index contributed by atoms with van der Waals surface area (Å²) >= 11 is 4.77. The van der Waals surface area contributed by atoms with E-state index in [0.717, 1.165) is 22.7 Å². The minimum atomic E-state index is -0.833. The molecule has 4 aromatic rings. The molecule has 0 amide bonds. The van der Waals surface area contributed by atoms with E-state index in [1.54, 1.807) is 6.08 Å². The Morgan fingerprint density at radius 1 is 1.30 bits per heavy atom. The number of nitrogens with zero attached hydrogens (tertiary/aromatic N) is 3. The molecule has 7 nitrogen and oxygen atoms in total. The molecule has 138 valence electrons. The third-order valence-electron chi connectivity index (χ3n) is 3.33. The predicted octanol–water partition coefficient (Wildman–Crippen LogP) is 3.12. The van der Waals surface area contributed by atoms with Crippen LogP contribution in [0.5, 0.6) is 0 Å². The largest absolute Gasteiger partial charge is 0.481 e. The highest BCUT2D eigenvalue weighted by atomic mass is 79.9. The number of carboxylic acids is 1. The molecule has 4 rings (SSSR count). The van der Waals surface area contributed by atoms with E-state index in [1.165, 1.54) is 15.9 Å². The monoisotopic (exact) mass is 447 g/mol. The van der Waals surface area contributed by atoms with Crippen LogP contribution in [0.25, 0.3) is 22.4 Å².